The molecule has 5 heteroatoms. The molecule has 0 unspecified atom stereocenters. The molecule has 19 heavy (non-hydrogen) atoms. The number of piperidine rings is 1. The average molecular weight is 345 g/mol. The molecule has 3 nitrogen and oxygen atoms in total. The zero-order valence-electron chi connectivity index (χ0n) is 11.1. The van der Waals surface area contributed by atoms with E-state index in [1.165, 1.54) is 4.88 Å². The van der Waals surface area contributed by atoms with Crippen molar-refractivity contribution in [2.24, 2.45) is 11.7 Å². The predicted molar refractivity (Wildman–Crippen MR) is 83.3 cm³/mol. The molecule has 1 aliphatic rings. The van der Waals surface area contributed by atoms with Crippen molar-refractivity contribution in [3.05, 3.63) is 20.8 Å². The van der Waals surface area contributed by atoms with E-state index in [4.69, 9.17) is 5.73 Å². The predicted octanol–water partition coefficient (Wildman–Crippen LogP) is 3.03. The van der Waals surface area contributed by atoms with E-state index < -0.39 is 0 Å². The number of carbonyl (C=O) groups is 1. The number of rotatable bonds is 5. The smallest absolute Gasteiger partial charge is 0.222 e. The summed E-state index contributed by atoms with van der Waals surface area (Å²) < 4.78 is 1.16. The topological polar surface area (TPSA) is 46.3 Å². The van der Waals surface area contributed by atoms with E-state index in [9.17, 15) is 4.79 Å². The first-order chi connectivity index (χ1) is 9.19. The van der Waals surface area contributed by atoms with Gasteiger partial charge in [-0.05, 0) is 66.2 Å². The Labute approximate surface area is 127 Å². The third-order valence-electron chi connectivity index (χ3n) is 3.74. The summed E-state index contributed by atoms with van der Waals surface area (Å²) in [5.74, 6) is 0.929. The largest absolute Gasteiger partial charge is 0.343 e. The van der Waals surface area contributed by atoms with E-state index in [2.05, 4.69) is 28.1 Å². The van der Waals surface area contributed by atoms with Gasteiger partial charge in [0.05, 0.1) is 3.79 Å². The highest BCUT2D eigenvalue weighted by molar-refractivity contribution is 9.11. The van der Waals surface area contributed by atoms with Gasteiger partial charge in [0.2, 0.25) is 5.91 Å². The summed E-state index contributed by atoms with van der Waals surface area (Å²) in [6.45, 7) is 2.55. The van der Waals surface area contributed by atoms with E-state index in [-0.39, 0.29) is 0 Å². The van der Waals surface area contributed by atoms with Gasteiger partial charge in [-0.2, -0.15) is 0 Å². The third kappa shape index (κ3) is 4.58. The quantitative estimate of drug-likeness (QED) is 0.892. The van der Waals surface area contributed by atoms with E-state index in [1.54, 1.807) is 11.3 Å². The van der Waals surface area contributed by atoms with Crippen LogP contribution in [0.2, 0.25) is 0 Å². The summed E-state index contributed by atoms with van der Waals surface area (Å²) in [5.41, 5.74) is 5.67. The van der Waals surface area contributed by atoms with Crippen LogP contribution in [0.4, 0.5) is 0 Å². The van der Waals surface area contributed by atoms with Crippen LogP contribution in [-0.2, 0) is 11.2 Å². The molecule has 0 atom stereocenters. The summed E-state index contributed by atoms with van der Waals surface area (Å²) in [7, 11) is 0. The fourth-order valence-electron chi connectivity index (χ4n) is 2.48. The fourth-order valence-corrected chi connectivity index (χ4v) is 4.00. The van der Waals surface area contributed by atoms with Gasteiger partial charge < -0.3 is 10.6 Å². The molecule has 0 aromatic carbocycles. The monoisotopic (exact) mass is 344 g/mol. The first-order valence-electron chi connectivity index (χ1n) is 6.91. The highest BCUT2D eigenvalue weighted by atomic mass is 79.9. The summed E-state index contributed by atoms with van der Waals surface area (Å²) in [4.78, 5) is 15.4. The third-order valence-corrected chi connectivity index (χ3v) is 5.43. The standard InChI is InChI=1S/C14H21BrN2OS/c15-13-5-4-12(19-13)2-1-3-14(18)17-8-6-11(10-16)7-9-17/h4-5,11H,1-3,6-10,16H2. The Morgan fingerprint density at radius 3 is 2.74 bits per heavy atom. The van der Waals surface area contributed by atoms with E-state index >= 15 is 0 Å². The van der Waals surface area contributed by atoms with Crippen molar-refractivity contribution >= 4 is 33.2 Å². The molecule has 2 N–H and O–H groups in total. The number of aryl methyl sites for hydroxylation is 1. The van der Waals surface area contributed by atoms with E-state index in [1.807, 2.05) is 4.90 Å². The van der Waals surface area contributed by atoms with Crippen molar-refractivity contribution in [1.29, 1.82) is 0 Å². The van der Waals surface area contributed by atoms with Crippen molar-refractivity contribution in [1.82, 2.24) is 4.90 Å². The van der Waals surface area contributed by atoms with Crippen LogP contribution in [0.25, 0.3) is 0 Å². The number of thiophene rings is 1. The Balaban J connectivity index is 1.67. The highest BCUT2D eigenvalue weighted by Crippen LogP contribution is 2.23. The van der Waals surface area contributed by atoms with Crippen LogP contribution >= 0.6 is 27.3 Å². The molecule has 0 radical (unpaired) electrons. The van der Waals surface area contributed by atoms with Crippen molar-refractivity contribution in [2.45, 2.75) is 32.1 Å². The van der Waals surface area contributed by atoms with Crippen LogP contribution < -0.4 is 5.73 Å². The van der Waals surface area contributed by atoms with Gasteiger partial charge in [0.25, 0.3) is 0 Å². The molecule has 1 fully saturated rings. The number of hydrogen-bond acceptors (Lipinski definition) is 3. The highest BCUT2D eigenvalue weighted by Gasteiger charge is 2.21. The van der Waals surface area contributed by atoms with Gasteiger partial charge >= 0.3 is 0 Å². The van der Waals surface area contributed by atoms with Gasteiger partial charge in [-0.3, -0.25) is 4.79 Å². The molecular weight excluding hydrogens is 324 g/mol. The van der Waals surface area contributed by atoms with Crippen molar-refractivity contribution in [3.63, 3.8) is 0 Å². The van der Waals surface area contributed by atoms with Crippen molar-refractivity contribution in [2.75, 3.05) is 19.6 Å². The van der Waals surface area contributed by atoms with Crippen molar-refractivity contribution in [3.8, 4) is 0 Å². The van der Waals surface area contributed by atoms with Gasteiger partial charge in [-0.15, -0.1) is 11.3 Å². The van der Waals surface area contributed by atoms with Crippen LogP contribution in [0, 0.1) is 5.92 Å². The zero-order chi connectivity index (χ0) is 13.7. The van der Waals surface area contributed by atoms with Crippen LogP contribution in [0.1, 0.15) is 30.6 Å². The maximum Gasteiger partial charge on any atom is 0.222 e. The number of nitrogens with two attached hydrogens (primary N) is 1. The first kappa shape index (κ1) is 15.0. The lowest BCUT2D eigenvalue weighted by atomic mass is 9.97. The van der Waals surface area contributed by atoms with E-state index in [0.29, 0.717) is 18.2 Å². The minimum absolute atomic E-state index is 0.311. The lowest BCUT2D eigenvalue weighted by molar-refractivity contribution is -0.132. The number of nitrogens with zero attached hydrogens (tertiary/aromatic N) is 1. The van der Waals surface area contributed by atoms with Crippen LogP contribution in [0.15, 0.2) is 15.9 Å². The normalized spacial score (nSPS) is 16.8. The Bertz CT molecular complexity index is 413. The molecule has 1 amide bonds. The second-order valence-electron chi connectivity index (χ2n) is 5.12. The Kier molecular flexibility index (Phi) is 5.85. The molecule has 0 aliphatic carbocycles. The first-order valence-corrected chi connectivity index (χ1v) is 8.52. The lowest BCUT2D eigenvalue weighted by Crippen LogP contribution is -2.39. The lowest BCUT2D eigenvalue weighted by Gasteiger charge is -2.31. The summed E-state index contributed by atoms with van der Waals surface area (Å²) in [5, 5.41) is 0. The Hall–Kier alpha value is -0.390. The molecule has 0 saturated carbocycles. The van der Waals surface area contributed by atoms with Gasteiger partial charge in [0.1, 0.15) is 0 Å². The molecule has 0 spiro atoms. The molecular formula is C14H21BrN2OS. The summed E-state index contributed by atoms with van der Waals surface area (Å²) in [6.07, 6.45) is 4.76. The fraction of sp³-hybridized carbons (Fsp3) is 0.643. The number of halogens is 1. The zero-order valence-corrected chi connectivity index (χ0v) is 13.5. The van der Waals surface area contributed by atoms with Crippen LogP contribution in [-0.4, -0.2) is 30.4 Å². The Morgan fingerprint density at radius 2 is 2.16 bits per heavy atom. The minimum atomic E-state index is 0.311. The van der Waals surface area contributed by atoms with Gasteiger partial charge in [-0.25, -0.2) is 0 Å². The molecule has 1 saturated heterocycles. The molecule has 1 aliphatic heterocycles. The number of amides is 1. The van der Waals surface area contributed by atoms with Gasteiger partial charge in [0, 0.05) is 24.4 Å². The van der Waals surface area contributed by atoms with Gasteiger partial charge in [-0.1, -0.05) is 0 Å². The van der Waals surface area contributed by atoms with Crippen LogP contribution in [0.5, 0.6) is 0 Å². The maximum absolute atomic E-state index is 12.1. The molecule has 106 valence electrons. The molecule has 2 rings (SSSR count). The summed E-state index contributed by atoms with van der Waals surface area (Å²) >= 11 is 5.22. The number of likely N-dealkylation sites (tertiary alicyclic amines) is 1. The molecule has 1 aromatic rings. The second kappa shape index (κ2) is 7.41. The van der Waals surface area contributed by atoms with Crippen LogP contribution in [0.3, 0.4) is 0 Å². The molecule has 1 aromatic heterocycles. The second-order valence-corrected chi connectivity index (χ2v) is 7.67. The minimum Gasteiger partial charge on any atom is -0.343 e. The van der Waals surface area contributed by atoms with Crippen molar-refractivity contribution < 1.29 is 4.79 Å². The maximum atomic E-state index is 12.1. The summed E-state index contributed by atoms with van der Waals surface area (Å²) in [6, 6.07) is 4.20. The SMILES string of the molecule is NCC1CCN(C(=O)CCCc2ccc(Br)s2)CC1. The number of hydrogen-bond donors (Lipinski definition) is 1. The Morgan fingerprint density at radius 1 is 1.42 bits per heavy atom. The molecule has 2 heterocycles. The molecule has 0 bridgehead atoms. The number of carbonyl (C=O) groups excluding carboxylic acids is 1. The van der Waals surface area contributed by atoms with E-state index in [0.717, 1.165) is 49.1 Å². The van der Waals surface area contributed by atoms with Gasteiger partial charge in [0.15, 0.2) is 0 Å². The average Bonchev–Trinajstić information content (AvgIpc) is 2.84.